The molecule has 0 radical (unpaired) electrons. The summed E-state index contributed by atoms with van der Waals surface area (Å²) in [6.07, 6.45) is 0.684. The zero-order valence-electron chi connectivity index (χ0n) is 21.0. The molecule has 6 nitrogen and oxygen atoms in total. The van der Waals surface area contributed by atoms with Gasteiger partial charge in [0.05, 0.1) is 23.2 Å². The Labute approximate surface area is 209 Å². The van der Waals surface area contributed by atoms with Crippen LogP contribution in [-0.2, 0) is 14.8 Å². The van der Waals surface area contributed by atoms with Gasteiger partial charge >= 0.3 is 0 Å². The molecule has 0 saturated carbocycles. The van der Waals surface area contributed by atoms with Crippen molar-refractivity contribution in [2.24, 2.45) is 0 Å². The van der Waals surface area contributed by atoms with Gasteiger partial charge in [-0.25, -0.2) is 8.42 Å². The van der Waals surface area contributed by atoms with Crippen LogP contribution in [0.3, 0.4) is 0 Å². The average molecular weight is 495 g/mol. The Kier molecular flexibility index (Phi) is 8.57. The lowest BCUT2D eigenvalue weighted by Gasteiger charge is -2.26. The molecule has 35 heavy (non-hydrogen) atoms. The summed E-state index contributed by atoms with van der Waals surface area (Å²) >= 11 is 0. The Balaban J connectivity index is 1.92. The molecule has 0 aliphatic rings. The van der Waals surface area contributed by atoms with Gasteiger partial charge in [0.15, 0.2) is 0 Å². The monoisotopic (exact) mass is 494 g/mol. The number of aryl methyl sites for hydroxylation is 3. The highest BCUT2D eigenvalue weighted by molar-refractivity contribution is 7.92. The number of carbonyl (C=O) groups is 1. The van der Waals surface area contributed by atoms with Crippen LogP contribution < -0.4 is 14.4 Å². The van der Waals surface area contributed by atoms with Gasteiger partial charge in [0.1, 0.15) is 12.3 Å². The predicted molar refractivity (Wildman–Crippen MR) is 140 cm³/mol. The van der Waals surface area contributed by atoms with Gasteiger partial charge in [-0.2, -0.15) is 0 Å². The van der Waals surface area contributed by atoms with Crippen LogP contribution >= 0.6 is 0 Å². The molecular formula is C28H34N2O4S. The molecule has 3 aromatic carbocycles. The van der Waals surface area contributed by atoms with Crippen molar-refractivity contribution in [2.45, 2.75) is 52.0 Å². The molecular weight excluding hydrogens is 460 g/mol. The van der Waals surface area contributed by atoms with E-state index in [1.54, 1.807) is 48.5 Å². The van der Waals surface area contributed by atoms with Crippen LogP contribution in [0.15, 0.2) is 71.6 Å². The topological polar surface area (TPSA) is 75.7 Å². The molecule has 1 amide bonds. The van der Waals surface area contributed by atoms with Gasteiger partial charge in [-0.3, -0.25) is 9.10 Å². The number of hydrogen-bond acceptors (Lipinski definition) is 4. The molecule has 0 spiro atoms. The summed E-state index contributed by atoms with van der Waals surface area (Å²) < 4.78 is 33.9. The lowest BCUT2D eigenvalue weighted by atomic mass is 9.97. The van der Waals surface area contributed by atoms with Gasteiger partial charge in [-0.15, -0.1) is 0 Å². The molecule has 0 aliphatic carbocycles. The van der Waals surface area contributed by atoms with Crippen LogP contribution in [0.25, 0.3) is 0 Å². The number of benzene rings is 3. The number of amides is 1. The number of nitrogens with one attached hydrogen (secondary N) is 1. The smallest absolute Gasteiger partial charge is 0.264 e. The SMILES string of the molecule is CCOc1ccc(N(CC(=O)NC(CC)c2ccc(C)cc2C)S(=O)(=O)c2ccc(C)cc2)cc1. The van der Waals surface area contributed by atoms with E-state index in [1.165, 1.54) is 0 Å². The van der Waals surface area contributed by atoms with E-state index in [-0.39, 0.29) is 23.4 Å². The van der Waals surface area contributed by atoms with E-state index in [2.05, 4.69) is 11.4 Å². The summed E-state index contributed by atoms with van der Waals surface area (Å²) in [6, 6.07) is 19.3. The van der Waals surface area contributed by atoms with Crippen LogP contribution in [-0.4, -0.2) is 27.5 Å². The Morgan fingerprint density at radius 3 is 2.11 bits per heavy atom. The maximum absolute atomic E-state index is 13.6. The molecule has 0 bridgehead atoms. The fraction of sp³-hybridized carbons (Fsp3) is 0.321. The summed E-state index contributed by atoms with van der Waals surface area (Å²) in [5, 5.41) is 3.04. The maximum Gasteiger partial charge on any atom is 0.264 e. The van der Waals surface area contributed by atoms with Gasteiger partial charge < -0.3 is 10.1 Å². The molecule has 3 aromatic rings. The average Bonchev–Trinajstić information content (AvgIpc) is 2.82. The highest BCUT2D eigenvalue weighted by Crippen LogP contribution is 2.27. The number of nitrogens with zero attached hydrogens (tertiary/aromatic N) is 1. The summed E-state index contributed by atoms with van der Waals surface area (Å²) in [5.74, 6) is 0.260. The third kappa shape index (κ3) is 6.42. The number of hydrogen-bond donors (Lipinski definition) is 1. The molecule has 1 unspecified atom stereocenters. The lowest BCUT2D eigenvalue weighted by molar-refractivity contribution is -0.120. The van der Waals surface area contributed by atoms with E-state index in [0.717, 1.165) is 26.6 Å². The van der Waals surface area contributed by atoms with Gasteiger partial charge in [-0.1, -0.05) is 48.4 Å². The van der Waals surface area contributed by atoms with Crippen LogP contribution in [0.1, 0.15) is 48.6 Å². The van der Waals surface area contributed by atoms with Crippen LogP contribution in [0.5, 0.6) is 5.75 Å². The van der Waals surface area contributed by atoms with Crippen molar-refractivity contribution in [3.8, 4) is 5.75 Å². The highest BCUT2D eigenvalue weighted by Gasteiger charge is 2.28. The van der Waals surface area contributed by atoms with Gasteiger partial charge in [-0.05, 0) is 81.6 Å². The van der Waals surface area contributed by atoms with E-state index < -0.39 is 10.0 Å². The second-order valence-corrected chi connectivity index (χ2v) is 10.5. The first-order valence-corrected chi connectivity index (χ1v) is 13.3. The van der Waals surface area contributed by atoms with Crippen LogP contribution in [0.4, 0.5) is 5.69 Å². The van der Waals surface area contributed by atoms with Gasteiger partial charge in [0.2, 0.25) is 5.91 Å². The summed E-state index contributed by atoms with van der Waals surface area (Å²) in [4.78, 5) is 13.3. The summed E-state index contributed by atoms with van der Waals surface area (Å²) in [5.41, 5.74) is 4.61. The second kappa shape index (κ2) is 11.4. The van der Waals surface area contributed by atoms with E-state index in [0.29, 0.717) is 24.5 Å². The summed E-state index contributed by atoms with van der Waals surface area (Å²) in [6.45, 7) is 9.98. The minimum absolute atomic E-state index is 0.131. The molecule has 0 heterocycles. The van der Waals surface area contributed by atoms with Crippen molar-refractivity contribution >= 4 is 21.6 Å². The van der Waals surface area contributed by atoms with Crippen molar-refractivity contribution in [1.29, 1.82) is 0 Å². The first kappa shape index (κ1) is 26.3. The van der Waals surface area contributed by atoms with Crippen LogP contribution in [0, 0.1) is 20.8 Å². The third-order valence-corrected chi connectivity index (χ3v) is 7.66. The van der Waals surface area contributed by atoms with E-state index in [9.17, 15) is 13.2 Å². The minimum Gasteiger partial charge on any atom is -0.494 e. The second-order valence-electron chi connectivity index (χ2n) is 8.64. The molecule has 3 rings (SSSR count). The maximum atomic E-state index is 13.6. The number of rotatable bonds is 10. The molecule has 7 heteroatoms. The molecule has 186 valence electrons. The van der Waals surface area contributed by atoms with Gasteiger partial charge in [0.25, 0.3) is 10.0 Å². The van der Waals surface area contributed by atoms with E-state index >= 15 is 0 Å². The van der Waals surface area contributed by atoms with Crippen molar-refractivity contribution < 1.29 is 17.9 Å². The zero-order chi connectivity index (χ0) is 25.6. The molecule has 0 saturated heterocycles. The number of anilines is 1. The minimum atomic E-state index is -3.98. The van der Waals surface area contributed by atoms with Crippen LogP contribution in [0.2, 0.25) is 0 Å². The lowest BCUT2D eigenvalue weighted by Crippen LogP contribution is -2.42. The first-order valence-electron chi connectivity index (χ1n) is 11.8. The highest BCUT2D eigenvalue weighted by atomic mass is 32.2. The zero-order valence-corrected chi connectivity index (χ0v) is 21.9. The number of carbonyl (C=O) groups excluding carboxylic acids is 1. The summed E-state index contributed by atoms with van der Waals surface area (Å²) in [7, 11) is -3.98. The molecule has 1 atom stereocenters. The number of sulfonamides is 1. The van der Waals surface area contributed by atoms with Crippen molar-refractivity contribution in [1.82, 2.24) is 5.32 Å². The predicted octanol–water partition coefficient (Wildman–Crippen LogP) is 5.47. The Morgan fingerprint density at radius 1 is 0.914 bits per heavy atom. The molecule has 0 aromatic heterocycles. The first-order chi connectivity index (χ1) is 16.6. The van der Waals surface area contributed by atoms with E-state index in [1.807, 2.05) is 46.8 Å². The Morgan fingerprint density at radius 2 is 1.54 bits per heavy atom. The fourth-order valence-corrected chi connectivity index (χ4v) is 5.44. The van der Waals surface area contributed by atoms with Gasteiger partial charge in [0, 0.05) is 0 Å². The van der Waals surface area contributed by atoms with Crippen molar-refractivity contribution in [3.05, 3.63) is 89.0 Å². The number of ether oxygens (including phenoxy) is 1. The van der Waals surface area contributed by atoms with Crippen molar-refractivity contribution in [3.63, 3.8) is 0 Å². The normalized spacial score (nSPS) is 12.1. The van der Waals surface area contributed by atoms with Crippen molar-refractivity contribution in [2.75, 3.05) is 17.5 Å². The standard InChI is InChI=1S/C28H34N2O4S/c1-6-27(26-17-10-21(4)18-22(26)5)29-28(31)19-30(23-11-13-24(14-12-23)34-7-2)35(32,33)25-15-8-20(3)9-16-25/h8-18,27H,6-7,19H2,1-5H3,(H,29,31). The Bertz CT molecular complexity index is 1250. The molecule has 1 N–H and O–H groups in total. The third-order valence-electron chi connectivity index (χ3n) is 5.88. The molecule has 0 aliphatic heterocycles. The van der Waals surface area contributed by atoms with E-state index in [4.69, 9.17) is 4.74 Å². The fourth-order valence-electron chi connectivity index (χ4n) is 4.01. The Hall–Kier alpha value is -3.32. The largest absolute Gasteiger partial charge is 0.494 e. The quantitative estimate of drug-likeness (QED) is 0.405. The molecule has 0 fully saturated rings.